The fourth-order valence-corrected chi connectivity index (χ4v) is 1.25. The minimum absolute atomic E-state index is 0.340. The van der Waals surface area contributed by atoms with Crippen LogP contribution >= 0.6 is 11.6 Å². The SMILES string of the molecule is COC(=O)c1cccc(C(C)(C)Cl)c1. The van der Waals surface area contributed by atoms with E-state index >= 15 is 0 Å². The monoisotopic (exact) mass is 212 g/mol. The Bertz CT molecular complexity index is 339. The highest BCUT2D eigenvalue weighted by Gasteiger charge is 2.17. The van der Waals surface area contributed by atoms with Gasteiger partial charge in [-0.3, -0.25) is 0 Å². The van der Waals surface area contributed by atoms with Gasteiger partial charge in [0, 0.05) is 0 Å². The van der Waals surface area contributed by atoms with Gasteiger partial charge >= 0.3 is 5.97 Å². The Hall–Kier alpha value is -1.02. The third-order valence-corrected chi connectivity index (χ3v) is 2.19. The molecule has 0 saturated carbocycles. The maximum Gasteiger partial charge on any atom is 0.337 e. The van der Waals surface area contributed by atoms with Crippen LogP contribution in [-0.4, -0.2) is 13.1 Å². The van der Waals surface area contributed by atoms with Crippen molar-refractivity contribution in [2.45, 2.75) is 18.7 Å². The van der Waals surface area contributed by atoms with Crippen LogP contribution in [0.4, 0.5) is 0 Å². The number of carbonyl (C=O) groups is 1. The largest absolute Gasteiger partial charge is 0.465 e. The number of carbonyl (C=O) groups excluding carboxylic acids is 1. The predicted molar refractivity (Wildman–Crippen MR) is 56.7 cm³/mol. The van der Waals surface area contributed by atoms with Gasteiger partial charge in [-0.2, -0.15) is 0 Å². The summed E-state index contributed by atoms with van der Waals surface area (Å²) in [6.07, 6.45) is 0. The van der Waals surface area contributed by atoms with Crippen LogP contribution in [0.1, 0.15) is 29.8 Å². The van der Waals surface area contributed by atoms with E-state index in [0.717, 1.165) is 5.56 Å². The Morgan fingerprint density at radius 3 is 2.57 bits per heavy atom. The molecule has 0 radical (unpaired) electrons. The van der Waals surface area contributed by atoms with E-state index in [1.54, 1.807) is 18.2 Å². The number of ether oxygens (including phenoxy) is 1. The van der Waals surface area contributed by atoms with Gasteiger partial charge in [0.15, 0.2) is 0 Å². The number of benzene rings is 1. The first-order valence-corrected chi connectivity index (χ1v) is 4.70. The zero-order valence-electron chi connectivity index (χ0n) is 8.50. The molecule has 0 aromatic heterocycles. The second-order valence-electron chi connectivity index (χ2n) is 3.54. The van der Waals surface area contributed by atoms with Crippen LogP contribution in [0.2, 0.25) is 0 Å². The molecule has 3 heteroatoms. The maximum atomic E-state index is 11.2. The summed E-state index contributed by atoms with van der Waals surface area (Å²) in [7, 11) is 1.36. The first-order valence-electron chi connectivity index (χ1n) is 4.33. The summed E-state index contributed by atoms with van der Waals surface area (Å²) in [5, 5.41) is 0. The molecule has 0 heterocycles. The predicted octanol–water partition coefficient (Wildman–Crippen LogP) is 2.95. The summed E-state index contributed by atoms with van der Waals surface area (Å²) in [5.41, 5.74) is 1.43. The molecule has 1 rings (SSSR count). The van der Waals surface area contributed by atoms with Crippen LogP contribution in [0.15, 0.2) is 24.3 Å². The van der Waals surface area contributed by atoms with Crippen LogP contribution in [0.3, 0.4) is 0 Å². The van der Waals surface area contributed by atoms with Gasteiger partial charge in [-0.25, -0.2) is 4.79 Å². The van der Waals surface area contributed by atoms with E-state index in [0.29, 0.717) is 5.56 Å². The van der Waals surface area contributed by atoms with Crippen molar-refractivity contribution < 1.29 is 9.53 Å². The van der Waals surface area contributed by atoms with Crippen LogP contribution in [0.5, 0.6) is 0 Å². The molecule has 14 heavy (non-hydrogen) atoms. The molecule has 0 unspecified atom stereocenters. The van der Waals surface area contributed by atoms with Crippen molar-refractivity contribution in [3.05, 3.63) is 35.4 Å². The Morgan fingerprint density at radius 2 is 2.07 bits per heavy atom. The van der Waals surface area contributed by atoms with E-state index in [-0.39, 0.29) is 5.97 Å². The zero-order valence-corrected chi connectivity index (χ0v) is 9.26. The van der Waals surface area contributed by atoms with Crippen LogP contribution < -0.4 is 0 Å². The van der Waals surface area contributed by atoms with E-state index in [2.05, 4.69) is 4.74 Å². The van der Waals surface area contributed by atoms with Crippen molar-refractivity contribution in [2.75, 3.05) is 7.11 Å². The molecule has 0 saturated heterocycles. The molecule has 0 aliphatic rings. The lowest BCUT2D eigenvalue weighted by molar-refractivity contribution is 0.0600. The average Bonchev–Trinajstić information content (AvgIpc) is 2.15. The highest BCUT2D eigenvalue weighted by atomic mass is 35.5. The number of esters is 1. The summed E-state index contributed by atoms with van der Waals surface area (Å²) < 4.78 is 4.62. The molecular formula is C11H13ClO2. The molecule has 1 aromatic carbocycles. The van der Waals surface area contributed by atoms with Crippen molar-refractivity contribution >= 4 is 17.6 Å². The molecular weight excluding hydrogens is 200 g/mol. The van der Waals surface area contributed by atoms with E-state index < -0.39 is 4.87 Å². The van der Waals surface area contributed by atoms with Crippen LogP contribution in [0.25, 0.3) is 0 Å². The highest BCUT2D eigenvalue weighted by Crippen LogP contribution is 2.27. The molecule has 0 amide bonds. The maximum absolute atomic E-state index is 11.2. The molecule has 0 bridgehead atoms. The molecule has 0 atom stereocenters. The fourth-order valence-electron chi connectivity index (χ4n) is 1.13. The second kappa shape index (κ2) is 4.01. The minimum Gasteiger partial charge on any atom is -0.465 e. The Balaban J connectivity index is 3.08. The Morgan fingerprint density at radius 1 is 1.43 bits per heavy atom. The van der Waals surface area contributed by atoms with Crippen molar-refractivity contribution in [1.82, 2.24) is 0 Å². The average molecular weight is 213 g/mol. The Kier molecular flexibility index (Phi) is 3.17. The minimum atomic E-state index is -0.468. The number of hydrogen-bond acceptors (Lipinski definition) is 2. The normalized spacial score (nSPS) is 11.1. The topological polar surface area (TPSA) is 26.3 Å². The van der Waals surface area contributed by atoms with Crippen LogP contribution in [-0.2, 0) is 9.61 Å². The van der Waals surface area contributed by atoms with Crippen molar-refractivity contribution in [3.63, 3.8) is 0 Å². The highest BCUT2D eigenvalue weighted by molar-refractivity contribution is 6.23. The molecule has 0 aliphatic heterocycles. The lowest BCUT2D eigenvalue weighted by Crippen LogP contribution is -2.09. The van der Waals surface area contributed by atoms with Crippen molar-refractivity contribution in [2.24, 2.45) is 0 Å². The third-order valence-electron chi connectivity index (χ3n) is 1.97. The smallest absolute Gasteiger partial charge is 0.337 e. The van der Waals surface area contributed by atoms with Crippen molar-refractivity contribution in [1.29, 1.82) is 0 Å². The van der Waals surface area contributed by atoms with Gasteiger partial charge in [0.1, 0.15) is 0 Å². The quantitative estimate of drug-likeness (QED) is 0.557. The lowest BCUT2D eigenvalue weighted by Gasteiger charge is -2.16. The summed E-state index contributed by atoms with van der Waals surface area (Å²) in [5.74, 6) is -0.340. The number of rotatable bonds is 2. The summed E-state index contributed by atoms with van der Waals surface area (Å²) in [4.78, 5) is 10.8. The first-order chi connectivity index (χ1) is 6.45. The molecule has 1 aromatic rings. The standard InChI is InChI=1S/C11H13ClO2/c1-11(2,12)9-6-4-5-8(7-9)10(13)14-3/h4-7H,1-3H3. The molecule has 0 fully saturated rings. The van der Waals surface area contributed by atoms with Gasteiger partial charge in [0.25, 0.3) is 0 Å². The molecule has 2 nitrogen and oxygen atoms in total. The van der Waals surface area contributed by atoms with Gasteiger partial charge in [-0.1, -0.05) is 12.1 Å². The Labute approximate surface area is 88.8 Å². The van der Waals surface area contributed by atoms with Gasteiger partial charge < -0.3 is 4.74 Å². The number of hydrogen-bond donors (Lipinski definition) is 0. The lowest BCUT2D eigenvalue weighted by atomic mass is 10.0. The van der Waals surface area contributed by atoms with E-state index in [9.17, 15) is 4.79 Å². The van der Waals surface area contributed by atoms with Crippen LogP contribution in [0, 0.1) is 0 Å². The third kappa shape index (κ3) is 2.48. The van der Waals surface area contributed by atoms with Gasteiger partial charge in [0.05, 0.1) is 17.5 Å². The summed E-state index contributed by atoms with van der Waals surface area (Å²) in [6.45, 7) is 3.76. The fraction of sp³-hybridized carbons (Fsp3) is 0.364. The number of methoxy groups -OCH3 is 1. The molecule has 0 N–H and O–H groups in total. The zero-order chi connectivity index (χ0) is 10.8. The first kappa shape index (κ1) is 11.1. The summed E-state index contributed by atoms with van der Waals surface area (Å²) in [6, 6.07) is 7.14. The molecule has 0 aliphatic carbocycles. The van der Waals surface area contributed by atoms with Crippen molar-refractivity contribution in [3.8, 4) is 0 Å². The summed E-state index contributed by atoms with van der Waals surface area (Å²) >= 11 is 6.13. The van der Waals surface area contributed by atoms with E-state index in [1.807, 2.05) is 19.9 Å². The molecule has 76 valence electrons. The number of halogens is 1. The van der Waals surface area contributed by atoms with Gasteiger partial charge in [-0.15, -0.1) is 11.6 Å². The molecule has 0 spiro atoms. The van der Waals surface area contributed by atoms with Gasteiger partial charge in [0.2, 0.25) is 0 Å². The number of alkyl halides is 1. The van der Waals surface area contributed by atoms with E-state index in [4.69, 9.17) is 11.6 Å². The second-order valence-corrected chi connectivity index (χ2v) is 4.49. The van der Waals surface area contributed by atoms with E-state index in [1.165, 1.54) is 7.11 Å². The van der Waals surface area contributed by atoms with Gasteiger partial charge in [-0.05, 0) is 31.5 Å².